The second-order valence-corrected chi connectivity index (χ2v) is 6.77. The number of hydrogen-bond donors (Lipinski definition) is 2. The number of carbonyl (C=O) groups is 2. The number of aromatic nitrogens is 1. The van der Waals surface area contributed by atoms with Crippen molar-refractivity contribution in [3.8, 4) is 11.6 Å². The zero-order valence-corrected chi connectivity index (χ0v) is 16.7. The summed E-state index contributed by atoms with van der Waals surface area (Å²) in [6, 6.07) is 20.8. The van der Waals surface area contributed by atoms with Crippen molar-refractivity contribution >= 4 is 23.2 Å². The highest BCUT2D eigenvalue weighted by Crippen LogP contribution is 2.21. The van der Waals surface area contributed by atoms with Crippen LogP contribution in [0.4, 0.5) is 11.4 Å². The fourth-order valence-electron chi connectivity index (χ4n) is 2.78. The van der Waals surface area contributed by atoms with Gasteiger partial charge < -0.3 is 19.8 Å². The van der Waals surface area contributed by atoms with E-state index >= 15 is 0 Å². The largest absolute Gasteiger partial charge is 0.459 e. The summed E-state index contributed by atoms with van der Waals surface area (Å²) in [5.74, 6) is 0.570. The van der Waals surface area contributed by atoms with Crippen LogP contribution in [0.3, 0.4) is 0 Å². The van der Waals surface area contributed by atoms with E-state index in [2.05, 4.69) is 15.6 Å². The highest BCUT2D eigenvalue weighted by atomic mass is 16.5. The summed E-state index contributed by atoms with van der Waals surface area (Å²) in [6.07, 6.45) is 2.94. The zero-order chi connectivity index (χ0) is 21.6. The van der Waals surface area contributed by atoms with E-state index in [9.17, 15) is 9.59 Å². The van der Waals surface area contributed by atoms with E-state index in [1.54, 1.807) is 48.5 Å². The number of hydrogen-bond acceptors (Lipinski definition) is 5. The second-order valence-electron chi connectivity index (χ2n) is 6.77. The molecule has 0 radical (unpaired) electrons. The summed E-state index contributed by atoms with van der Waals surface area (Å²) in [6.45, 7) is 2.00. The SMILES string of the molecule is Cc1ccc(Oc2ccc(NC(=O)c3cccc(NC(=O)c4ccco4)c3)cn2)cc1. The van der Waals surface area contributed by atoms with E-state index in [-0.39, 0.29) is 11.7 Å². The maximum atomic E-state index is 12.6. The Morgan fingerprint density at radius 3 is 2.39 bits per heavy atom. The van der Waals surface area contributed by atoms with Crippen molar-refractivity contribution in [1.82, 2.24) is 4.98 Å². The van der Waals surface area contributed by atoms with Crippen molar-refractivity contribution < 1.29 is 18.7 Å². The van der Waals surface area contributed by atoms with Crippen LogP contribution >= 0.6 is 0 Å². The van der Waals surface area contributed by atoms with Crippen LogP contribution in [0.5, 0.6) is 11.6 Å². The molecule has 0 fully saturated rings. The van der Waals surface area contributed by atoms with E-state index in [1.807, 2.05) is 31.2 Å². The predicted molar refractivity (Wildman–Crippen MR) is 117 cm³/mol. The topological polar surface area (TPSA) is 93.5 Å². The first-order chi connectivity index (χ1) is 15.1. The molecule has 2 heterocycles. The van der Waals surface area contributed by atoms with E-state index in [0.29, 0.717) is 28.6 Å². The Morgan fingerprint density at radius 1 is 0.871 bits per heavy atom. The average molecular weight is 413 g/mol. The summed E-state index contributed by atoms with van der Waals surface area (Å²) in [7, 11) is 0. The molecule has 2 aromatic carbocycles. The summed E-state index contributed by atoms with van der Waals surface area (Å²) in [5, 5.41) is 5.47. The number of nitrogens with zero attached hydrogens (tertiary/aromatic N) is 1. The van der Waals surface area contributed by atoms with E-state index in [0.717, 1.165) is 5.56 Å². The van der Waals surface area contributed by atoms with Crippen LogP contribution in [0.1, 0.15) is 26.5 Å². The van der Waals surface area contributed by atoms with Gasteiger partial charge in [0.15, 0.2) is 5.76 Å². The fraction of sp³-hybridized carbons (Fsp3) is 0.0417. The number of benzene rings is 2. The van der Waals surface area contributed by atoms with Gasteiger partial charge in [-0.2, -0.15) is 0 Å². The van der Waals surface area contributed by atoms with Gasteiger partial charge in [-0.3, -0.25) is 9.59 Å². The third-order valence-electron chi connectivity index (χ3n) is 4.37. The van der Waals surface area contributed by atoms with Gasteiger partial charge in [-0.05, 0) is 55.5 Å². The molecular formula is C24H19N3O4. The lowest BCUT2D eigenvalue weighted by Crippen LogP contribution is -2.14. The smallest absolute Gasteiger partial charge is 0.291 e. The molecule has 4 rings (SSSR count). The first kappa shape index (κ1) is 19.9. The Hall–Kier alpha value is -4.39. The lowest BCUT2D eigenvalue weighted by atomic mass is 10.2. The standard InChI is InChI=1S/C24H19N3O4/c1-16-7-10-20(11-8-16)31-22-12-9-19(15-25-22)27-23(28)17-4-2-5-18(14-17)26-24(29)21-6-3-13-30-21/h2-15H,1H3,(H,26,29)(H,27,28). The van der Waals surface area contributed by atoms with Crippen LogP contribution in [0, 0.1) is 6.92 Å². The molecule has 4 aromatic rings. The van der Waals surface area contributed by atoms with E-state index < -0.39 is 5.91 Å². The molecule has 0 aliphatic heterocycles. The predicted octanol–water partition coefficient (Wildman–Crippen LogP) is 5.28. The molecule has 31 heavy (non-hydrogen) atoms. The third-order valence-corrected chi connectivity index (χ3v) is 4.37. The lowest BCUT2D eigenvalue weighted by molar-refractivity contribution is 0.0993. The van der Waals surface area contributed by atoms with Gasteiger partial charge in [0.25, 0.3) is 11.8 Å². The number of carbonyl (C=O) groups excluding carboxylic acids is 2. The molecule has 2 amide bonds. The molecule has 2 aromatic heterocycles. The minimum absolute atomic E-state index is 0.189. The van der Waals surface area contributed by atoms with E-state index in [4.69, 9.17) is 9.15 Å². The molecule has 0 unspecified atom stereocenters. The summed E-state index contributed by atoms with van der Waals surface area (Å²) >= 11 is 0. The third kappa shape index (κ3) is 5.16. The number of pyridine rings is 1. The quantitative estimate of drug-likeness (QED) is 0.449. The van der Waals surface area contributed by atoms with Crippen LogP contribution in [0.15, 0.2) is 89.7 Å². The number of nitrogens with one attached hydrogen (secondary N) is 2. The van der Waals surface area contributed by atoms with Gasteiger partial charge in [-0.15, -0.1) is 0 Å². The maximum absolute atomic E-state index is 12.6. The van der Waals surface area contributed by atoms with Crippen LogP contribution in [0.2, 0.25) is 0 Å². The second kappa shape index (κ2) is 8.96. The van der Waals surface area contributed by atoms with Crippen molar-refractivity contribution in [1.29, 1.82) is 0 Å². The highest BCUT2D eigenvalue weighted by Gasteiger charge is 2.11. The normalized spacial score (nSPS) is 10.4. The average Bonchev–Trinajstić information content (AvgIpc) is 3.32. The van der Waals surface area contributed by atoms with Crippen molar-refractivity contribution in [2.75, 3.05) is 10.6 Å². The van der Waals surface area contributed by atoms with Gasteiger partial charge in [0.05, 0.1) is 18.1 Å². The molecule has 154 valence electrons. The van der Waals surface area contributed by atoms with Gasteiger partial charge in [0.2, 0.25) is 5.88 Å². The molecule has 0 spiro atoms. The first-order valence-electron chi connectivity index (χ1n) is 9.54. The zero-order valence-electron chi connectivity index (χ0n) is 16.7. The molecule has 0 bridgehead atoms. The van der Waals surface area contributed by atoms with Crippen LogP contribution in [-0.2, 0) is 0 Å². The number of rotatable bonds is 6. The minimum Gasteiger partial charge on any atom is -0.459 e. The van der Waals surface area contributed by atoms with Crippen LogP contribution < -0.4 is 15.4 Å². The summed E-state index contributed by atoms with van der Waals surface area (Å²) in [5.41, 5.74) is 2.53. The molecule has 0 aliphatic rings. The van der Waals surface area contributed by atoms with Crippen molar-refractivity contribution in [3.05, 3.63) is 102 Å². The number of amides is 2. The van der Waals surface area contributed by atoms with Crippen molar-refractivity contribution in [3.63, 3.8) is 0 Å². The van der Waals surface area contributed by atoms with Crippen molar-refractivity contribution in [2.45, 2.75) is 6.92 Å². The van der Waals surface area contributed by atoms with Crippen LogP contribution in [-0.4, -0.2) is 16.8 Å². The highest BCUT2D eigenvalue weighted by molar-refractivity contribution is 6.06. The van der Waals surface area contributed by atoms with Crippen molar-refractivity contribution in [2.24, 2.45) is 0 Å². The van der Waals surface area contributed by atoms with Gasteiger partial charge >= 0.3 is 0 Å². The first-order valence-corrected chi connectivity index (χ1v) is 9.54. The Balaban J connectivity index is 1.38. The molecule has 2 N–H and O–H groups in total. The Bertz CT molecular complexity index is 1180. The molecule has 7 nitrogen and oxygen atoms in total. The molecule has 0 saturated carbocycles. The van der Waals surface area contributed by atoms with Gasteiger partial charge in [0, 0.05) is 17.3 Å². The van der Waals surface area contributed by atoms with Gasteiger partial charge in [0.1, 0.15) is 5.75 Å². The molecular weight excluding hydrogens is 394 g/mol. The summed E-state index contributed by atoms with van der Waals surface area (Å²) < 4.78 is 10.8. The molecule has 7 heteroatoms. The molecule has 0 saturated heterocycles. The monoisotopic (exact) mass is 413 g/mol. The number of anilines is 2. The Labute approximate surface area is 178 Å². The fourth-order valence-corrected chi connectivity index (χ4v) is 2.78. The molecule has 0 aliphatic carbocycles. The lowest BCUT2D eigenvalue weighted by Gasteiger charge is -2.09. The Kier molecular flexibility index (Phi) is 5.75. The van der Waals surface area contributed by atoms with Gasteiger partial charge in [-0.1, -0.05) is 23.8 Å². The number of ether oxygens (including phenoxy) is 1. The number of aryl methyl sites for hydroxylation is 1. The minimum atomic E-state index is -0.393. The van der Waals surface area contributed by atoms with Gasteiger partial charge in [-0.25, -0.2) is 4.98 Å². The molecule has 0 atom stereocenters. The number of furan rings is 1. The Morgan fingerprint density at radius 2 is 1.68 bits per heavy atom. The van der Waals surface area contributed by atoms with E-state index in [1.165, 1.54) is 12.5 Å². The summed E-state index contributed by atoms with van der Waals surface area (Å²) in [4.78, 5) is 28.9. The maximum Gasteiger partial charge on any atom is 0.291 e. The van der Waals surface area contributed by atoms with Crippen LogP contribution in [0.25, 0.3) is 0 Å².